The summed E-state index contributed by atoms with van der Waals surface area (Å²) in [4.78, 5) is 2.36. The Morgan fingerprint density at radius 1 is 1.18 bits per heavy atom. The van der Waals surface area contributed by atoms with Gasteiger partial charge < -0.3 is 15.0 Å². The third-order valence-electron chi connectivity index (χ3n) is 3.09. The summed E-state index contributed by atoms with van der Waals surface area (Å²) in [5.41, 5.74) is 0. The number of likely N-dealkylation sites (N-methyl/N-ethyl adjacent to an activating group) is 1. The van der Waals surface area contributed by atoms with Crippen molar-refractivity contribution in [3.63, 3.8) is 0 Å². The number of rotatable bonds is 12. The second-order valence-corrected chi connectivity index (χ2v) is 4.70. The molecular formula is C14H32N2O. The second-order valence-electron chi connectivity index (χ2n) is 4.70. The van der Waals surface area contributed by atoms with Gasteiger partial charge in [0.05, 0.1) is 6.61 Å². The molecule has 1 N–H and O–H groups in total. The fourth-order valence-electron chi connectivity index (χ4n) is 1.88. The average molecular weight is 244 g/mol. The molecule has 0 fully saturated rings. The van der Waals surface area contributed by atoms with Crippen LogP contribution in [-0.4, -0.2) is 50.8 Å². The largest absolute Gasteiger partial charge is 0.380 e. The van der Waals surface area contributed by atoms with Crippen molar-refractivity contribution in [2.75, 3.05) is 39.9 Å². The van der Waals surface area contributed by atoms with E-state index in [4.69, 9.17) is 4.74 Å². The first-order valence-corrected chi connectivity index (χ1v) is 7.24. The second kappa shape index (κ2) is 12.3. The Kier molecular flexibility index (Phi) is 12.3. The highest BCUT2D eigenvalue weighted by Gasteiger charge is 2.05. The van der Waals surface area contributed by atoms with E-state index in [1.54, 1.807) is 0 Å². The zero-order valence-corrected chi connectivity index (χ0v) is 12.3. The summed E-state index contributed by atoms with van der Waals surface area (Å²) in [5, 5.41) is 3.60. The van der Waals surface area contributed by atoms with Gasteiger partial charge in [0.15, 0.2) is 0 Å². The molecule has 0 aromatic rings. The van der Waals surface area contributed by atoms with Crippen LogP contribution < -0.4 is 5.32 Å². The summed E-state index contributed by atoms with van der Waals surface area (Å²) in [6.45, 7) is 11.6. The van der Waals surface area contributed by atoms with Gasteiger partial charge in [-0.1, -0.05) is 13.8 Å². The number of nitrogens with one attached hydrogen (secondary N) is 1. The lowest BCUT2D eigenvalue weighted by Crippen LogP contribution is -2.31. The van der Waals surface area contributed by atoms with Gasteiger partial charge in [-0.15, -0.1) is 0 Å². The van der Waals surface area contributed by atoms with Crippen LogP contribution in [0.15, 0.2) is 0 Å². The SMILES string of the molecule is CCCNC(CC)CCCN(C)CCOCC. The van der Waals surface area contributed by atoms with Gasteiger partial charge >= 0.3 is 0 Å². The molecule has 0 aliphatic carbocycles. The lowest BCUT2D eigenvalue weighted by atomic mass is 10.1. The molecule has 3 nitrogen and oxygen atoms in total. The number of hydrogen-bond acceptors (Lipinski definition) is 3. The monoisotopic (exact) mass is 244 g/mol. The molecule has 0 aliphatic heterocycles. The zero-order chi connectivity index (χ0) is 12.9. The molecule has 0 bridgehead atoms. The van der Waals surface area contributed by atoms with E-state index in [0.717, 1.165) is 26.3 Å². The fraction of sp³-hybridized carbons (Fsp3) is 1.00. The van der Waals surface area contributed by atoms with Gasteiger partial charge in [0, 0.05) is 19.2 Å². The molecule has 3 heteroatoms. The van der Waals surface area contributed by atoms with Crippen LogP contribution in [0.5, 0.6) is 0 Å². The first-order valence-electron chi connectivity index (χ1n) is 7.24. The Morgan fingerprint density at radius 3 is 2.53 bits per heavy atom. The standard InChI is InChI=1S/C14H32N2O/c1-5-10-15-14(6-2)9-8-11-16(4)12-13-17-7-3/h14-15H,5-13H2,1-4H3. The van der Waals surface area contributed by atoms with E-state index in [-0.39, 0.29) is 0 Å². The van der Waals surface area contributed by atoms with Crippen LogP contribution in [0.3, 0.4) is 0 Å². The Hall–Kier alpha value is -0.120. The molecule has 0 aromatic carbocycles. The van der Waals surface area contributed by atoms with Crippen LogP contribution in [0.1, 0.15) is 46.5 Å². The Bertz CT molecular complexity index is 153. The molecular weight excluding hydrogens is 212 g/mol. The predicted molar refractivity (Wildman–Crippen MR) is 75.6 cm³/mol. The zero-order valence-electron chi connectivity index (χ0n) is 12.3. The van der Waals surface area contributed by atoms with Gasteiger partial charge in [-0.3, -0.25) is 0 Å². The van der Waals surface area contributed by atoms with Gasteiger partial charge in [0.25, 0.3) is 0 Å². The maximum Gasteiger partial charge on any atom is 0.0593 e. The molecule has 0 rings (SSSR count). The summed E-state index contributed by atoms with van der Waals surface area (Å²) in [5.74, 6) is 0. The quantitative estimate of drug-likeness (QED) is 0.534. The number of ether oxygens (including phenoxy) is 1. The van der Waals surface area contributed by atoms with Crippen LogP contribution in [0.4, 0.5) is 0 Å². The average Bonchev–Trinajstić information content (AvgIpc) is 2.34. The molecule has 1 atom stereocenters. The van der Waals surface area contributed by atoms with E-state index in [9.17, 15) is 0 Å². The molecule has 0 saturated carbocycles. The molecule has 17 heavy (non-hydrogen) atoms. The Labute approximate surface area is 108 Å². The topological polar surface area (TPSA) is 24.5 Å². The molecule has 0 spiro atoms. The molecule has 104 valence electrons. The van der Waals surface area contributed by atoms with Crippen LogP contribution in [0.25, 0.3) is 0 Å². The van der Waals surface area contributed by atoms with E-state index in [1.165, 1.54) is 32.2 Å². The van der Waals surface area contributed by atoms with Crippen molar-refractivity contribution in [2.45, 2.75) is 52.5 Å². The summed E-state index contributed by atoms with van der Waals surface area (Å²) >= 11 is 0. The molecule has 0 aliphatic rings. The minimum Gasteiger partial charge on any atom is -0.380 e. The van der Waals surface area contributed by atoms with Gasteiger partial charge in [0.2, 0.25) is 0 Å². The van der Waals surface area contributed by atoms with E-state index in [1.807, 2.05) is 6.92 Å². The minimum absolute atomic E-state index is 0.704. The molecule has 0 aromatic heterocycles. The molecule has 0 saturated heterocycles. The Morgan fingerprint density at radius 2 is 1.94 bits per heavy atom. The first-order chi connectivity index (χ1) is 8.24. The first kappa shape index (κ1) is 16.9. The molecule has 0 heterocycles. The normalized spacial score (nSPS) is 13.2. The molecule has 0 amide bonds. The van der Waals surface area contributed by atoms with Crippen LogP contribution in [0, 0.1) is 0 Å². The lowest BCUT2D eigenvalue weighted by Gasteiger charge is -2.20. The van der Waals surface area contributed by atoms with E-state index >= 15 is 0 Å². The van der Waals surface area contributed by atoms with Gasteiger partial charge in [-0.2, -0.15) is 0 Å². The van der Waals surface area contributed by atoms with Crippen molar-refractivity contribution in [3.05, 3.63) is 0 Å². The van der Waals surface area contributed by atoms with Crippen molar-refractivity contribution in [3.8, 4) is 0 Å². The highest BCUT2D eigenvalue weighted by Crippen LogP contribution is 2.02. The van der Waals surface area contributed by atoms with E-state index in [0.29, 0.717) is 6.04 Å². The smallest absolute Gasteiger partial charge is 0.0593 e. The van der Waals surface area contributed by atoms with Gasteiger partial charge in [0.1, 0.15) is 0 Å². The van der Waals surface area contributed by atoms with Gasteiger partial charge in [-0.25, -0.2) is 0 Å². The van der Waals surface area contributed by atoms with Crippen molar-refractivity contribution in [2.24, 2.45) is 0 Å². The van der Waals surface area contributed by atoms with Crippen molar-refractivity contribution in [1.29, 1.82) is 0 Å². The van der Waals surface area contributed by atoms with Gasteiger partial charge in [-0.05, 0) is 52.7 Å². The van der Waals surface area contributed by atoms with Crippen LogP contribution in [-0.2, 0) is 4.74 Å². The number of hydrogen-bond donors (Lipinski definition) is 1. The van der Waals surface area contributed by atoms with Crippen molar-refractivity contribution in [1.82, 2.24) is 10.2 Å². The highest BCUT2D eigenvalue weighted by molar-refractivity contribution is 4.65. The van der Waals surface area contributed by atoms with Crippen LogP contribution >= 0.6 is 0 Å². The summed E-state index contributed by atoms with van der Waals surface area (Å²) in [6, 6.07) is 0.704. The third kappa shape index (κ3) is 10.7. The van der Waals surface area contributed by atoms with E-state index < -0.39 is 0 Å². The highest BCUT2D eigenvalue weighted by atomic mass is 16.5. The maximum absolute atomic E-state index is 5.35. The van der Waals surface area contributed by atoms with Crippen LogP contribution in [0.2, 0.25) is 0 Å². The summed E-state index contributed by atoms with van der Waals surface area (Å²) in [7, 11) is 2.18. The van der Waals surface area contributed by atoms with E-state index in [2.05, 4.69) is 31.1 Å². The Balaban J connectivity index is 3.45. The third-order valence-corrected chi connectivity index (χ3v) is 3.09. The maximum atomic E-state index is 5.35. The summed E-state index contributed by atoms with van der Waals surface area (Å²) in [6.07, 6.45) is 5.03. The summed E-state index contributed by atoms with van der Waals surface area (Å²) < 4.78 is 5.35. The lowest BCUT2D eigenvalue weighted by molar-refractivity contribution is 0.121. The van der Waals surface area contributed by atoms with Crippen molar-refractivity contribution >= 4 is 0 Å². The molecule has 1 unspecified atom stereocenters. The predicted octanol–water partition coefficient (Wildman–Crippen LogP) is 2.51. The van der Waals surface area contributed by atoms with Crippen molar-refractivity contribution < 1.29 is 4.74 Å². The number of nitrogens with zero attached hydrogens (tertiary/aromatic N) is 1. The minimum atomic E-state index is 0.704. The fourth-order valence-corrected chi connectivity index (χ4v) is 1.88. The molecule has 0 radical (unpaired) electrons.